The first kappa shape index (κ1) is 11.6. The number of fused-ring (bicyclic) bond motifs is 1. The third-order valence-corrected chi connectivity index (χ3v) is 3.33. The quantitative estimate of drug-likeness (QED) is 0.853. The van der Waals surface area contributed by atoms with E-state index in [1.54, 1.807) is 18.3 Å². The second-order valence-electron chi connectivity index (χ2n) is 4.38. The molecule has 1 aromatic carbocycles. The monoisotopic (exact) mass is 256 g/mol. The zero-order valence-corrected chi connectivity index (χ0v) is 10.3. The predicted molar refractivity (Wildman–Crippen MR) is 66.9 cm³/mol. The van der Waals surface area contributed by atoms with Gasteiger partial charge in [0.25, 0.3) is 11.8 Å². The summed E-state index contributed by atoms with van der Waals surface area (Å²) in [6.07, 6.45) is 3.82. The Balaban J connectivity index is 2.16. The number of carbonyl (C=O) groups excluding carboxylic acids is 2. The molecule has 1 aliphatic heterocycles. The van der Waals surface area contributed by atoms with Gasteiger partial charge >= 0.3 is 0 Å². The topological polar surface area (TPSA) is 72.2 Å². The van der Waals surface area contributed by atoms with Crippen LogP contribution in [0.25, 0.3) is 0 Å². The molecule has 2 heterocycles. The molecule has 0 spiro atoms. The lowest BCUT2D eigenvalue weighted by Crippen LogP contribution is -2.20. The van der Waals surface area contributed by atoms with Gasteiger partial charge in [-0.25, -0.2) is 4.98 Å². The molecular formula is C14H12N2O3. The van der Waals surface area contributed by atoms with Crippen LogP contribution in [-0.4, -0.2) is 16.8 Å². The maximum atomic E-state index is 11.9. The van der Waals surface area contributed by atoms with Crippen molar-refractivity contribution in [3.05, 3.63) is 53.2 Å². The van der Waals surface area contributed by atoms with Crippen LogP contribution in [0.2, 0.25) is 0 Å². The molecule has 96 valence electrons. The molecule has 0 bridgehead atoms. The molecule has 1 unspecified atom stereocenters. The molecule has 0 radical (unpaired) electrons. The lowest BCUT2D eigenvalue weighted by atomic mass is 9.90. The Kier molecular flexibility index (Phi) is 2.67. The van der Waals surface area contributed by atoms with Crippen LogP contribution in [0.4, 0.5) is 0 Å². The summed E-state index contributed by atoms with van der Waals surface area (Å²) in [7, 11) is 0. The standard InChI is InChI=1S/C14H12N2O3/c1-2-8(14-15-6-7-19-14)9-4-3-5-10-11(9)13(18)16-12(10)17/h3-8H,2H2,1H3,(H,16,17,18). The summed E-state index contributed by atoms with van der Waals surface area (Å²) in [5, 5.41) is 2.32. The van der Waals surface area contributed by atoms with Gasteiger partial charge in [0.2, 0.25) is 5.89 Å². The number of benzene rings is 1. The number of aromatic nitrogens is 1. The minimum absolute atomic E-state index is 0.124. The minimum Gasteiger partial charge on any atom is -0.448 e. The Hall–Kier alpha value is -2.43. The van der Waals surface area contributed by atoms with Crippen molar-refractivity contribution in [3.8, 4) is 0 Å². The van der Waals surface area contributed by atoms with Crippen molar-refractivity contribution >= 4 is 11.8 Å². The van der Waals surface area contributed by atoms with Gasteiger partial charge in [-0.3, -0.25) is 14.9 Å². The third kappa shape index (κ3) is 1.74. The molecule has 3 rings (SSSR count). The molecule has 1 N–H and O–H groups in total. The molecule has 0 fully saturated rings. The van der Waals surface area contributed by atoms with Gasteiger partial charge in [-0.1, -0.05) is 19.1 Å². The third-order valence-electron chi connectivity index (χ3n) is 3.33. The van der Waals surface area contributed by atoms with Crippen LogP contribution in [0.1, 0.15) is 51.4 Å². The van der Waals surface area contributed by atoms with E-state index in [-0.39, 0.29) is 17.7 Å². The Bertz CT molecular complexity index is 647. The van der Waals surface area contributed by atoms with Gasteiger partial charge in [-0.2, -0.15) is 0 Å². The summed E-state index contributed by atoms with van der Waals surface area (Å²) in [6.45, 7) is 1.99. The van der Waals surface area contributed by atoms with Gasteiger partial charge in [-0.15, -0.1) is 0 Å². The lowest BCUT2D eigenvalue weighted by Gasteiger charge is -2.14. The van der Waals surface area contributed by atoms with Crippen molar-refractivity contribution in [2.24, 2.45) is 0 Å². The first-order valence-electron chi connectivity index (χ1n) is 6.10. The molecule has 5 heteroatoms. The van der Waals surface area contributed by atoms with E-state index in [4.69, 9.17) is 4.42 Å². The van der Waals surface area contributed by atoms with Gasteiger partial charge in [-0.05, 0) is 18.1 Å². The first-order chi connectivity index (χ1) is 9.22. The van der Waals surface area contributed by atoms with Gasteiger partial charge in [0.1, 0.15) is 6.26 Å². The summed E-state index contributed by atoms with van der Waals surface area (Å²) >= 11 is 0. The molecule has 1 atom stereocenters. The number of nitrogens with zero attached hydrogens (tertiary/aromatic N) is 1. The van der Waals surface area contributed by atoms with Crippen molar-refractivity contribution in [2.45, 2.75) is 19.3 Å². The smallest absolute Gasteiger partial charge is 0.259 e. The van der Waals surface area contributed by atoms with Crippen molar-refractivity contribution in [1.29, 1.82) is 0 Å². The SMILES string of the molecule is CCC(c1ncco1)c1cccc2c1C(=O)NC2=O. The van der Waals surface area contributed by atoms with E-state index in [2.05, 4.69) is 10.3 Å². The van der Waals surface area contributed by atoms with Crippen LogP contribution < -0.4 is 5.32 Å². The molecule has 2 amide bonds. The van der Waals surface area contributed by atoms with Gasteiger partial charge < -0.3 is 4.42 Å². The average Bonchev–Trinajstić information content (AvgIpc) is 3.01. The maximum Gasteiger partial charge on any atom is 0.259 e. The highest BCUT2D eigenvalue weighted by atomic mass is 16.3. The number of oxazole rings is 1. The highest BCUT2D eigenvalue weighted by molar-refractivity contribution is 6.22. The summed E-state index contributed by atoms with van der Waals surface area (Å²) in [5.41, 5.74) is 1.65. The maximum absolute atomic E-state index is 11.9. The van der Waals surface area contributed by atoms with E-state index in [0.29, 0.717) is 17.0 Å². The molecular weight excluding hydrogens is 244 g/mol. The Morgan fingerprint density at radius 3 is 2.84 bits per heavy atom. The Labute approximate surface area is 109 Å². The van der Waals surface area contributed by atoms with E-state index in [9.17, 15) is 9.59 Å². The van der Waals surface area contributed by atoms with Crippen molar-refractivity contribution in [1.82, 2.24) is 10.3 Å². The molecule has 0 saturated carbocycles. The summed E-state index contributed by atoms with van der Waals surface area (Å²) < 4.78 is 5.34. The Morgan fingerprint density at radius 1 is 1.32 bits per heavy atom. The van der Waals surface area contributed by atoms with Crippen LogP contribution in [0, 0.1) is 0 Å². The summed E-state index contributed by atoms with van der Waals surface area (Å²) in [5.74, 6) is -0.255. The van der Waals surface area contributed by atoms with Gasteiger partial charge in [0.05, 0.1) is 23.2 Å². The molecule has 2 aromatic rings. The molecule has 0 aliphatic carbocycles. The molecule has 19 heavy (non-hydrogen) atoms. The van der Waals surface area contributed by atoms with Crippen molar-refractivity contribution in [3.63, 3.8) is 0 Å². The summed E-state index contributed by atoms with van der Waals surface area (Å²) in [4.78, 5) is 27.7. The fraction of sp³-hybridized carbons (Fsp3) is 0.214. The number of carbonyl (C=O) groups is 2. The zero-order chi connectivity index (χ0) is 13.4. The lowest BCUT2D eigenvalue weighted by molar-refractivity contribution is 0.0879. The number of hydrogen-bond donors (Lipinski definition) is 1. The molecule has 1 aromatic heterocycles. The average molecular weight is 256 g/mol. The van der Waals surface area contributed by atoms with Crippen LogP contribution in [-0.2, 0) is 0 Å². The van der Waals surface area contributed by atoms with E-state index in [1.807, 2.05) is 13.0 Å². The normalized spacial score (nSPS) is 15.2. The van der Waals surface area contributed by atoms with E-state index in [1.165, 1.54) is 6.26 Å². The van der Waals surface area contributed by atoms with E-state index in [0.717, 1.165) is 12.0 Å². The molecule has 1 aliphatic rings. The largest absolute Gasteiger partial charge is 0.448 e. The highest BCUT2D eigenvalue weighted by Gasteiger charge is 2.32. The number of nitrogens with one attached hydrogen (secondary N) is 1. The highest BCUT2D eigenvalue weighted by Crippen LogP contribution is 2.32. The number of rotatable bonds is 3. The number of hydrogen-bond acceptors (Lipinski definition) is 4. The molecule has 5 nitrogen and oxygen atoms in total. The molecule has 0 saturated heterocycles. The fourth-order valence-electron chi connectivity index (χ4n) is 2.47. The van der Waals surface area contributed by atoms with Crippen LogP contribution in [0.15, 0.2) is 35.1 Å². The van der Waals surface area contributed by atoms with Crippen molar-refractivity contribution < 1.29 is 14.0 Å². The van der Waals surface area contributed by atoms with E-state index < -0.39 is 0 Å². The Morgan fingerprint density at radius 2 is 2.16 bits per heavy atom. The first-order valence-corrected chi connectivity index (χ1v) is 6.10. The number of amides is 2. The number of imide groups is 1. The van der Waals surface area contributed by atoms with Crippen LogP contribution in [0.5, 0.6) is 0 Å². The minimum atomic E-state index is -0.347. The second-order valence-corrected chi connectivity index (χ2v) is 4.38. The summed E-state index contributed by atoms with van der Waals surface area (Å²) in [6, 6.07) is 5.27. The van der Waals surface area contributed by atoms with Crippen molar-refractivity contribution in [2.75, 3.05) is 0 Å². The van der Waals surface area contributed by atoms with Crippen LogP contribution >= 0.6 is 0 Å². The van der Waals surface area contributed by atoms with Gasteiger partial charge in [0.15, 0.2) is 0 Å². The van der Waals surface area contributed by atoms with Gasteiger partial charge in [0, 0.05) is 0 Å². The van der Waals surface area contributed by atoms with E-state index >= 15 is 0 Å². The zero-order valence-electron chi connectivity index (χ0n) is 10.3. The fourth-order valence-corrected chi connectivity index (χ4v) is 2.47. The predicted octanol–water partition coefficient (Wildman–Crippen LogP) is 2.10. The second kappa shape index (κ2) is 4.35. The van der Waals surface area contributed by atoms with Crippen LogP contribution in [0.3, 0.4) is 0 Å².